The van der Waals surface area contributed by atoms with Gasteiger partial charge in [0.05, 0.1) is 0 Å². The smallest absolute Gasteiger partial charge is 0.0331 e. The molecule has 1 heterocycles. The molecule has 1 atom stereocenters. The van der Waals surface area contributed by atoms with E-state index in [9.17, 15) is 0 Å². The third kappa shape index (κ3) is 3.05. The summed E-state index contributed by atoms with van der Waals surface area (Å²) in [6, 6.07) is 2.89. The minimum atomic E-state index is 0.612. The fourth-order valence-electron chi connectivity index (χ4n) is 2.19. The van der Waals surface area contributed by atoms with Crippen molar-refractivity contribution < 1.29 is 0 Å². The van der Waals surface area contributed by atoms with Gasteiger partial charge in [0.15, 0.2) is 0 Å². The van der Waals surface area contributed by atoms with E-state index in [1.54, 1.807) is 0 Å². The van der Waals surface area contributed by atoms with E-state index < -0.39 is 0 Å². The zero-order chi connectivity index (χ0) is 10.5. The van der Waals surface area contributed by atoms with E-state index in [-0.39, 0.29) is 0 Å². The molecular formula is C13H21NS. The van der Waals surface area contributed by atoms with Crippen LogP contribution in [0.1, 0.15) is 50.6 Å². The van der Waals surface area contributed by atoms with Crippen LogP contribution in [-0.2, 0) is 0 Å². The summed E-state index contributed by atoms with van der Waals surface area (Å²) in [5.41, 5.74) is 1.50. The predicted octanol–water partition coefficient (Wildman–Crippen LogP) is 3.98. The molecule has 0 spiro atoms. The molecule has 0 saturated heterocycles. The first-order valence-corrected chi connectivity index (χ1v) is 7.10. The summed E-state index contributed by atoms with van der Waals surface area (Å²) in [5, 5.41) is 8.17. The van der Waals surface area contributed by atoms with Gasteiger partial charge < -0.3 is 5.32 Å². The molecule has 0 radical (unpaired) electrons. The molecule has 1 nitrogen and oxygen atoms in total. The topological polar surface area (TPSA) is 12.0 Å². The first-order chi connectivity index (χ1) is 7.40. The average Bonchev–Trinajstić information content (AvgIpc) is 2.68. The van der Waals surface area contributed by atoms with Crippen molar-refractivity contribution in [3.63, 3.8) is 0 Å². The molecule has 1 aromatic heterocycles. The predicted molar refractivity (Wildman–Crippen MR) is 67.3 cm³/mol. The second-order valence-electron chi connectivity index (χ2n) is 4.60. The molecule has 84 valence electrons. The largest absolute Gasteiger partial charge is 0.310 e. The van der Waals surface area contributed by atoms with Crippen molar-refractivity contribution in [2.24, 2.45) is 5.92 Å². The van der Waals surface area contributed by atoms with E-state index in [1.165, 1.54) is 37.7 Å². The van der Waals surface area contributed by atoms with Gasteiger partial charge in [-0.15, -0.1) is 0 Å². The molecule has 1 aliphatic rings. The maximum absolute atomic E-state index is 3.68. The number of thiophene rings is 1. The van der Waals surface area contributed by atoms with Crippen LogP contribution < -0.4 is 5.32 Å². The molecule has 2 rings (SSSR count). The molecule has 1 N–H and O–H groups in total. The third-order valence-corrected chi connectivity index (χ3v) is 4.08. The van der Waals surface area contributed by atoms with Crippen LogP contribution in [0.2, 0.25) is 0 Å². The lowest BCUT2D eigenvalue weighted by molar-refractivity contribution is 0.261. The fraction of sp³-hybridized carbons (Fsp3) is 0.692. The van der Waals surface area contributed by atoms with Gasteiger partial charge in [0.2, 0.25) is 0 Å². The summed E-state index contributed by atoms with van der Waals surface area (Å²) in [6.45, 7) is 3.38. The van der Waals surface area contributed by atoms with Crippen LogP contribution >= 0.6 is 11.3 Å². The first-order valence-electron chi connectivity index (χ1n) is 6.15. The van der Waals surface area contributed by atoms with Crippen molar-refractivity contribution in [2.45, 2.75) is 45.1 Å². The lowest BCUT2D eigenvalue weighted by Gasteiger charge is -2.30. The minimum absolute atomic E-state index is 0.612. The maximum Gasteiger partial charge on any atom is 0.0331 e. The summed E-state index contributed by atoms with van der Waals surface area (Å²) in [5.74, 6) is 0.985. The SMILES string of the molecule is CCCNC(CC1CCC1)c1ccsc1. The Balaban J connectivity index is 1.89. The van der Waals surface area contributed by atoms with Crippen LogP contribution in [0.3, 0.4) is 0 Å². The Labute approximate surface area is 96.9 Å². The quantitative estimate of drug-likeness (QED) is 0.769. The Morgan fingerprint density at radius 1 is 1.53 bits per heavy atom. The summed E-state index contributed by atoms with van der Waals surface area (Å²) in [7, 11) is 0. The molecule has 1 unspecified atom stereocenters. The van der Waals surface area contributed by atoms with Crippen LogP contribution in [0.15, 0.2) is 16.8 Å². The highest BCUT2D eigenvalue weighted by molar-refractivity contribution is 7.07. The summed E-state index contributed by atoms with van der Waals surface area (Å²) in [6.07, 6.45) is 6.93. The van der Waals surface area contributed by atoms with Crippen molar-refractivity contribution in [3.8, 4) is 0 Å². The molecular weight excluding hydrogens is 202 g/mol. The van der Waals surface area contributed by atoms with Crippen molar-refractivity contribution >= 4 is 11.3 Å². The highest BCUT2D eigenvalue weighted by atomic mass is 32.1. The van der Waals surface area contributed by atoms with E-state index in [0.29, 0.717) is 6.04 Å². The van der Waals surface area contributed by atoms with Crippen LogP contribution in [-0.4, -0.2) is 6.54 Å². The van der Waals surface area contributed by atoms with Crippen molar-refractivity contribution in [1.29, 1.82) is 0 Å². The standard InChI is InChI=1S/C13H21NS/c1-2-7-14-13(9-11-4-3-5-11)12-6-8-15-10-12/h6,8,10-11,13-14H,2-5,7,9H2,1H3. The minimum Gasteiger partial charge on any atom is -0.310 e. The van der Waals surface area contributed by atoms with E-state index in [1.807, 2.05) is 11.3 Å². The van der Waals surface area contributed by atoms with Crippen LogP contribution in [0.4, 0.5) is 0 Å². The summed E-state index contributed by atoms with van der Waals surface area (Å²) >= 11 is 1.81. The lowest BCUT2D eigenvalue weighted by atomic mass is 9.80. The van der Waals surface area contributed by atoms with Gasteiger partial charge in [-0.3, -0.25) is 0 Å². The second-order valence-corrected chi connectivity index (χ2v) is 5.38. The van der Waals surface area contributed by atoms with Gasteiger partial charge in [0.25, 0.3) is 0 Å². The van der Waals surface area contributed by atoms with Gasteiger partial charge in [-0.25, -0.2) is 0 Å². The van der Waals surface area contributed by atoms with E-state index in [4.69, 9.17) is 0 Å². The Kier molecular flexibility index (Phi) is 4.21. The Hall–Kier alpha value is -0.340. The van der Waals surface area contributed by atoms with Crippen molar-refractivity contribution in [1.82, 2.24) is 5.32 Å². The van der Waals surface area contributed by atoms with Gasteiger partial charge in [-0.2, -0.15) is 11.3 Å². The highest BCUT2D eigenvalue weighted by Gasteiger charge is 2.22. The summed E-state index contributed by atoms with van der Waals surface area (Å²) in [4.78, 5) is 0. The van der Waals surface area contributed by atoms with Crippen LogP contribution in [0.5, 0.6) is 0 Å². The zero-order valence-electron chi connectivity index (χ0n) is 9.54. The number of nitrogens with one attached hydrogen (secondary N) is 1. The molecule has 0 amide bonds. The highest BCUT2D eigenvalue weighted by Crippen LogP contribution is 2.35. The fourth-order valence-corrected chi connectivity index (χ4v) is 2.91. The van der Waals surface area contributed by atoms with Gasteiger partial charge in [-0.05, 0) is 47.7 Å². The average molecular weight is 223 g/mol. The molecule has 15 heavy (non-hydrogen) atoms. The molecule has 1 aliphatic carbocycles. The van der Waals surface area contributed by atoms with Crippen LogP contribution in [0.25, 0.3) is 0 Å². The number of hydrogen-bond donors (Lipinski definition) is 1. The van der Waals surface area contributed by atoms with Crippen molar-refractivity contribution in [3.05, 3.63) is 22.4 Å². The molecule has 2 heteroatoms. The van der Waals surface area contributed by atoms with Gasteiger partial charge in [0, 0.05) is 6.04 Å². The zero-order valence-corrected chi connectivity index (χ0v) is 10.4. The van der Waals surface area contributed by atoms with Crippen LogP contribution in [0, 0.1) is 5.92 Å². The maximum atomic E-state index is 3.68. The Morgan fingerprint density at radius 2 is 2.40 bits per heavy atom. The van der Waals surface area contributed by atoms with E-state index in [2.05, 4.69) is 29.1 Å². The van der Waals surface area contributed by atoms with Gasteiger partial charge >= 0.3 is 0 Å². The first kappa shape index (κ1) is 11.2. The number of rotatable bonds is 6. The normalized spacial score (nSPS) is 18.7. The lowest BCUT2D eigenvalue weighted by Crippen LogP contribution is -2.26. The molecule has 1 aromatic rings. The monoisotopic (exact) mass is 223 g/mol. The Bertz CT molecular complexity index is 264. The van der Waals surface area contributed by atoms with E-state index >= 15 is 0 Å². The summed E-state index contributed by atoms with van der Waals surface area (Å²) < 4.78 is 0. The molecule has 0 aliphatic heterocycles. The van der Waals surface area contributed by atoms with Gasteiger partial charge in [-0.1, -0.05) is 26.2 Å². The van der Waals surface area contributed by atoms with Gasteiger partial charge in [0.1, 0.15) is 0 Å². The molecule has 0 bridgehead atoms. The van der Waals surface area contributed by atoms with E-state index in [0.717, 1.165) is 12.5 Å². The molecule has 0 aromatic carbocycles. The Morgan fingerprint density at radius 3 is 2.93 bits per heavy atom. The third-order valence-electron chi connectivity index (χ3n) is 3.38. The molecule has 1 saturated carbocycles. The molecule has 1 fully saturated rings. The van der Waals surface area contributed by atoms with Crippen molar-refractivity contribution in [2.75, 3.05) is 6.54 Å². The number of hydrogen-bond acceptors (Lipinski definition) is 2. The second kappa shape index (κ2) is 5.66.